The summed E-state index contributed by atoms with van der Waals surface area (Å²) in [5, 5.41) is 3.04. The zero-order valence-corrected chi connectivity index (χ0v) is 13.2. The maximum atomic E-state index is 13.7. The molecule has 0 fully saturated rings. The van der Waals surface area contributed by atoms with Gasteiger partial charge in [-0.1, -0.05) is 22.9 Å². The molecule has 0 spiro atoms. The maximum Gasteiger partial charge on any atom is 0.224 e. The molecule has 112 valence electrons. The van der Waals surface area contributed by atoms with Gasteiger partial charge in [-0.3, -0.25) is 0 Å². The highest BCUT2D eigenvalue weighted by atomic mass is 79.9. The number of aromatic nitrogens is 2. The van der Waals surface area contributed by atoms with Crippen molar-refractivity contribution >= 4 is 21.7 Å². The summed E-state index contributed by atoms with van der Waals surface area (Å²) in [5.74, 6) is -0.982. The van der Waals surface area contributed by atoms with Gasteiger partial charge in [0.05, 0.1) is 0 Å². The fraction of sp³-hybridized carbons (Fsp3) is 0.286. The van der Waals surface area contributed by atoms with Gasteiger partial charge in [0.25, 0.3) is 0 Å². The molecule has 1 heterocycles. The Balaban J connectivity index is 2.37. The standard InChI is InChI=1S/C14H14BrF2N3O/c1-3-11-19-12(18-4-2)7-13(20-11)21-10-6-8(15)5-9(16)14(10)17/h5-7H,3-4H2,1-2H3,(H,18,19,20). The summed E-state index contributed by atoms with van der Waals surface area (Å²) < 4.78 is 32.8. The monoisotopic (exact) mass is 357 g/mol. The summed E-state index contributed by atoms with van der Waals surface area (Å²) in [6.45, 7) is 4.51. The van der Waals surface area contributed by atoms with E-state index in [0.717, 1.165) is 6.07 Å². The summed E-state index contributed by atoms with van der Waals surface area (Å²) >= 11 is 3.10. The number of nitrogens with zero attached hydrogens (tertiary/aromatic N) is 2. The molecule has 0 bridgehead atoms. The minimum Gasteiger partial charge on any atom is -0.436 e. The first-order valence-corrected chi connectivity index (χ1v) is 7.27. The van der Waals surface area contributed by atoms with E-state index in [1.807, 2.05) is 13.8 Å². The van der Waals surface area contributed by atoms with Crippen LogP contribution in [0, 0.1) is 11.6 Å². The van der Waals surface area contributed by atoms with E-state index in [9.17, 15) is 8.78 Å². The first-order chi connectivity index (χ1) is 10.0. The Kier molecular flexibility index (Phi) is 5.06. The number of anilines is 1. The van der Waals surface area contributed by atoms with E-state index in [4.69, 9.17) is 4.74 Å². The van der Waals surface area contributed by atoms with Gasteiger partial charge >= 0.3 is 0 Å². The Labute approximate surface area is 129 Å². The van der Waals surface area contributed by atoms with Gasteiger partial charge in [0.2, 0.25) is 11.7 Å². The van der Waals surface area contributed by atoms with E-state index in [-0.39, 0.29) is 11.6 Å². The molecule has 0 unspecified atom stereocenters. The normalized spacial score (nSPS) is 10.5. The number of halogens is 3. The molecule has 2 rings (SSSR count). The zero-order chi connectivity index (χ0) is 15.4. The van der Waals surface area contributed by atoms with Gasteiger partial charge in [-0.15, -0.1) is 0 Å². The quantitative estimate of drug-likeness (QED) is 0.810. The van der Waals surface area contributed by atoms with Gasteiger partial charge < -0.3 is 10.1 Å². The SMILES string of the molecule is CCNc1cc(Oc2cc(Br)cc(F)c2F)nc(CC)n1. The number of rotatable bonds is 5. The van der Waals surface area contributed by atoms with Gasteiger partial charge in [0.15, 0.2) is 11.6 Å². The number of hydrogen-bond donors (Lipinski definition) is 1. The molecule has 0 aliphatic carbocycles. The number of ether oxygens (including phenoxy) is 1. The van der Waals surface area contributed by atoms with Crippen LogP contribution in [0.2, 0.25) is 0 Å². The number of hydrogen-bond acceptors (Lipinski definition) is 4. The van der Waals surface area contributed by atoms with Crippen molar-refractivity contribution in [3.05, 3.63) is 40.1 Å². The summed E-state index contributed by atoms with van der Waals surface area (Å²) in [6, 6.07) is 3.92. The minimum absolute atomic E-state index is 0.161. The Bertz CT molecular complexity index is 652. The first kappa shape index (κ1) is 15.6. The van der Waals surface area contributed by atoms with E-state index in [0.29, 0.717) is 29.1 Å². The van der Waals surface area contributed by atoms with Crippen LogP contribution >= 0.6 is 15.9 Å². The summed E-state index contributed by atoms with van der Waals surface area (Å²) in [5.41, 5.74) is 0. The van der Waals surface area contributed by atoms with Crippen LogP contribution in [0.1, 0.15) is 19.7 Å². The fourth-order valence-corrected chi connectivity index (χ4v) is 2.08. The molecule has 0 aliphatic rings. The highest BCUT2D eigenvalue weighted by Gasteiger charge is 2.14. The molecule has 0 amide bonds. The van der Waals surface area contributed by atoms with Crippen molar-refractivity contribution in [2.45, 2.75) is 20.3 Å². The van der Waals surface area contributed by atoms with E-state index < -0.39 is 11.6 Å². The predicted octanol–water partition coefficient (Wildman–Crippen LogP) is 4.30. The smallest absolute Gasteiger partial charge is 0.224 e. The molecule has 0 saturated heterocycles. The summed E-state index contributed by atoms with van der Waals surface area (Å²) in [7, 11) is 0. The third-order valence-corrected chi connectivity index (χ3v) is 3.06. The molecule has 4 nitrogen and oxygen atoms in total. The van der Waals surface area contributed by atoms with Crippen LogP contribution < -0.4 is 10.1 Å². The van der Waals surface area contributed by atoms with Crippen molar-refractivity contribution in [1.29, 1.82) is 0 Å². The molecular weight excluding hydrogens is 344 g/mol. The second kappa shape index (κ2) is 6.80. The average molecular weight is 358 g/mol. The Morgan fingerprint density at radius 2 is 1.95 bits per heavy atom. The van der Waals surface area contributed by atoms with E-state index in [1.54, 1.807) is 6.07 Å². The fourth-order valence-electron chi connectivity index (χ4n) is 1.67. The zero-order valence-electron chi connectivity index (χ0n) is 11.6. The second-order valence-corrected chi connectivity index (χ2v) is 5.11. The number of aryl methyl sites for hydroxylation is 1. The third kappa shape index (κ3) is 3.87. The largest absolute Gasteiger partial charge is 0.436 e. The lowest BCUT2D eigenvalue weighted by atomic mass is 10.3. The van der Waals surface area contributed by atoms with Gasteiger partial charge in [-0.2, -0.15) is 9.37 Å². The van der Waals surface area contributed by atoms with Crippen LogP contribution in [0.5, 0.6) is 11.6 Å². The molecule has 1 aromatic heterocycles. The molecule has 0 aliphatic heterocycles. The number of nitrogens with one attached hydrogen (secondary N) is 1. The van der Waals surface area contributed by atoms with Crippen molar-refractivity contribution in [2.75, 3.05) is 11.9 Å². The van der Waals surface area contributed by atoms with Crippen molar-refractivity contribution in [3.8, 4) is 11.6 Å². The van der Waals surface area contributed by atoms with Crippen molar-refractivity contribution in [3.63, 3.8) is 0 Å². The topological polar surface area (TPSA) is 47.0 Å². The van der Waals surface area contributed by atoms with E-state index in [2.05, 4.69) is 31.2 Å². The lowest BCUT2D eigenvalue weighted by Crippen LogP contribution is -2.04. The van der Waals surface area contributed by atoms with Crippen LogP contribution in [0.3, 0.4) is 0 Å². The van der Waals surface area contributed by atoms with Crippen molar-refractivity contribution in [1.82, 2.24) is 9.97 Å². The molecule has 2 aromatic rings. The Morgan fingerprint density at radius 1 is 1.19 bits per heavy atom. The highest BCUT2D eigenvalue weighted by Crippen LogP contribution is 2.29. The third-order valence-electron chi connectivity index (χ3n) is 2.60. The highest BCUT2D eigenvalue weighted by molar-refractivity contribution is 9.10. The second-order valence-electron chi connectivity index (χ2n) is 4.19. The van der Waals surface area contributed by atoms with Crippen molar-refractivity contribution in [2.24, 2.45) is 0 Å². The summed E-state index contributed by atoms with van der Waals surface area (Å²) in [6.07, 6.45) is 0.602. The lowest BCUT2D eigenvalue weighted by molar-refractivity contribution is 0.403. The van der Waals surface area contributed by atoms with Gasteiger partial charge in [0.1, 0.15) is 11.6 Å². The maximum absolute atomic E-state index is 13.7. The molecule has 1 N–H and O–H groups in total. The molecule has 0 saturated carbocycles. The average Bonchev–Trinajstić information content (AvgIpc) is 2.44. The van der Waals surface area contributed by atoms with E-state index >= 15 is 0 Å². The van der Waals surface area contributed by atoms with Crippen LogP contribution in [0.25, 0.3) is 0 Å². The molecule has 7 heteroatoms. The Hall–Kier alpha value is -1.76. The van der Waals surface area contributed by atoms with Crippen LogP contribution in [0.15, 0.2) is 22.7 Å². The van der Waals surface area contributed by atoms with Crippen LogP contribution in [0.4, 0.5) is 14.6 Å². The Morgan fingerprint density at radius 3 is 2.62 bits per heavy atom. The van der Waals surface area contributed by atoms with Gasteiger partial charge in [-0.25, -0.2) is 9.37 Å². The van der Waals surface area contributed by atoms with Crippen molar-refractivity contribution < 1.29 is 13.5 Å². The van der Waals surface area contributed by atoms with Gasteiger partial charge in [-0.05, 0) is 19.1 Å². The van der Waals surface area contributed by atoms with E-state index in [1.165, 1.54) is 6.07 Å². The molecular formula is C14H14BrF2N3O. The minimum atomic E-state index is -1.06. The van der Waals surface area contributed by atoms with Crippen LogP contribution in [-0.4, -0.2) is 16.5 Å². The van der Waals surface area contributed by atoms with Gasteiger partial charge in [0, 0.05) is 23.5 Å². The summed E-state index contributed by atoms with van der Waals surface area (Å²) in [4.78, 5) is 8.41. The molecule has 0 atom stereocenters. The van der Waals surface area contributed by atoms with Crippen LogP contribution in [-0.2, 0) is 6.42 Å². The lowest BCUT2D eigenvalue weighted by Gasteiger charge is -2.10. The predicted molar refractivity (Wildman–Crippen MR) is 79.7 cm³/mol. The first-order valence-electron chi connectivity index (χ1n) is 6.47. The molecule has 1 aromatic carbocycles. The molecule has 21 heavy (non-hydrogen) atoms. The molecule has 0 radical (unpaired) electrons. The number of benzene rings is 1.